The van der Waals surface area contributed by atoms with Crippen LogP contribution in [0.2, 0.25) is 0 Å². The summed E-state index contributed by atoms with van der Waals surface area (Å²) < 4.78 is 5.80. The molecular formula is C12H16N2O2. The number of carbonyl (C=O) groups excluding carboxylic acids is 1. The number of hydrogen-bond donors (Lipinski definition) is 1. The summed E-state index contributed by atoms with van der Waals surface area (Å²) in [5.74, 6) is 0.846. The van der Waals surface area contributed by atoms with Crippen LogP contribution in [0, 0.1) is 0 Å². The Morgan fingerprint density at radius 2 is 1.88 bits per heavy atom. The molecule has 4 heteroatoms. The van der Waals surface area contributed by atoms with Gasteiger partial charge in [0.2, 0.25) is 6.41 Å². The van der Waals surface area contributed by atoms with E-state index in [1.54, 1.807) is 4.90 Å². The third kappa shape index (κ3) is 2.66. The summed E-state index contributed by atoms with van der Waals surface area (Å²) in [5.41, 5.74) is 6.33. The number of rotatable bonds is 3. The molecule has 4 nitrogen and oxygen atoms in total. The molecular weight excluding hydrogens is 204 g/mol. The van der Waals surface area contributed by atoms with Gasteiger partial charge in [-0.25, -0.2) is 0 Å². The van der Waals surface area contributed by atoms with Gasteiger partial charge in [0.05, 0.1) is 0 Å². The van der Waals surface area contributed by atoms with Gasteiger partial charge >= 0.3 is 0 Å². The van der Waals surface area contributed by atoms with Crippen molar-refractivity contribution >= 4 is 12.1 Å². The average molecular weight is 220 g/mol. The molecule has 16 heavy (non-hydrogen) atoms. The molecule has 0 spiro atoms. The summed E-state index contributed by atoms with van der Waals surface area (Å²) in [6.07, 6.45) is 2.89. The van der Waals surface area contributed by atoms with Crippen molar-refractivity contribution in [3.05, 3.63) is 24.3 Å². The summed E-state index contributed by atoms with van der Waals surface area (Å²) in [5, 5.41) is 0. The van der Waals surface area contributed by atoms with E-state index in [-0.39, 0.29) is 6.10 Å². The molecule has 0 unspecified atom stereocenters. The Hall–Kier alpha value is -1.71. The summed E-state index contributed by atoms with van der Waals surface area (Å²) in [6.45, 7) is 1.56. The highest BCUT2D eigenvalue weighted by Gasteiger charge is 2.19. The lowest BCUT2D eigenvalue weighted by Gasteiger charge is -2.29. The van der Waals surface area contributed by atoms with Gasteiger partial charge in [-0.15, -0.1) is 0 Å². The minimum Gasteiger partial charge on any atom is -0.490 e. The van der Waals surface area contributed by atoms with Crippen LogP contribution < -0.4 is 10.5 Å². The van der Waals surface area contributed by atoms with E-state index < -0.39 is 0 Å². The molecule has 2 N–H and O–H groups in total. The number of amides is 1. The molecule has 1 amide bonds. The van der Waals surface area contributed by atoms with Crippen molar-refractivity contribution in [1.29, 1.82) is 0 Å². The molecule has 0 radical (unpaired) electrons. The molecule has 0 atom stereocenters. The van der Waals surface area contributed by atoms with Crippen molar-refractivity contribution in [2.24, 2.45) is 0 Å². The van der Waals surface area contributed by atoms with Crippen LogP contribution in [0.1, 0.15) is 12.8 Å². The highest BCUT2D eigenvalue weighted by atomic mass is 16.5. The van der Waals surface area contributed by atoms with Gasteiger partial charge in [0, 0.05) is 31.6 Å². The molecule has 2 rings (SSSR count). The number of benzene rings is 1. The van der Waals surface area contributed by atoms with Crippen molar-refractivity contribution in [3.8, 4) is 5.75 Å². The maximum Gasteiger partial charge on any atom is 0.209 e. The van der Waals surface area contributed by atoms with E-state index in [1.807, 2.05) is 24.3 Å². The fourth-order valence-corrected chi connectivity index (χ4v) is 1.84. The Morgan fingerprint density at radius 3 is 2.44 bits per heavy atom. The number of hydrogen-bond acceptors (Lipinski definition) is 3. The largest absolute Gasteiger partial charge is 0.490 e. The normalized spacial score (nSPS) is 17.1. The van der Waals surface area contributed by atoms with Crippen LogP contribution in [0.15, 0.2) is 24.3 Å². The number of carbonyl (C=O) groups is 1. The van der Waals surface area contributed by atoms with Gasteiger partial charge in [-0.05, 0) is 24.3 Å². The van der Waals surface area contributed by atoms with Crippen LogP contribution in [0.3, 0.4) is 0 Å². The first-order valence-electron chi connectivity index (χ1n) is 5.49. The minimum atomic E-state index is 0.208. The van der Waals surface area contributed by atoms with E-state index in [1.165, 1.54) is 0 Å². The van der Waals surface area contributed by atoms with Gasteiger partial charge in [-0.1, -0.05) is 0 Å². The Kier molecular flexibility index (Phi) is 3.29. The van der Waals surface area contributed by atoms with E-state index in [2.05, 4.69) is 0 Å². The van der Waals surface area contributed by atoms with E-state index in [0.29, 0.717) is 0 Å². The number of nitrogen functional groups attached to an aromatic ring is 1. The monoisotopic (exact) mass is 220 g/mol. The molecule has 1 aromatic carbocycles. The molecule has 86 valence electrons. The highest BCUT2D eigenvalue weighted by molar-refractivity contribution is 5.47. The van der Waals surface area contributed by atoms with Gasteiger partial charge in [0.1, 0.15) is 11.9 Å². The molecule has 0 aromatic heterocycles. The zero-order chi connectivity index (χ0) is 11.4. The molecule has 1 heterocycles. The van der Waals surface area contributed by atoms with Gasteiger partial charge in [-0.2, -0.15) is 0 Å². The zero-order valence-corrected chi connectivity index (χ0v) is 9.13. The standard InChI is InChI=1S/C12H16N2O2/c13-10-1-3-11(4-2-10)16-12-5-7-14(9-15)8-6-12/h1-4,9,12H,5-8,13H2. The van der Waals surface area contributed by atoms with Crippen LogP contribution in [0.5, 0.6) is 5.75 Å². The molecule has 1 aromatic rings. The number of nitrogens with zero attached hydrogens (tertiary/aromatic N) is 1. The fraction of sp³-hybridized carbons (Fsp3) is 0.417. The Morgan fingerprint density at radius 1 is 1.25 bits per heavy atom. The molecule has 1 saturated heterocycles. The van der Waals surface area contributed by atoms with Gasteiger partial charge in [-0.3, -0.25) is 4.79 Å². The smallest absolute Gasteiger partial charge is 0.209 e. The number of likely N-dealkylation sites (tertiary alicyclic amines) is 1. The fourth-order valence-electron chi connectivity index (χ4n) is 1.84. The maximum absolute atomic E-state index is 10.5. The first kappa shape index (κ1) is 10.8. The number of nitrogens with two attached hydrogens (primary N) is 1. The van der Waals surface area contributed by atoms with E-state index in [0.717, 1.165) is 43.8 Å². The van der Waals surface area contributed by atoms with Gasteiger partial charge in [0.25, 0.3) is 0 Å². The van der Waals surface area contributed by atoms with Gasteiger partial charge in [0.15, 0.2) is 0 Å². The summed E-state index contributed by atoms with van der Waals surface area (Å²) in [6, 6.07) is 7.41. The number of piperidine rings is 1. The molecule has 1 aliphatic heterocycles. The minimum absolute atomic E-state index is 0.208. The van der Waals surface area contributed by atoms with E-state index >= 15 is 0 Å². The third-order valence-electron chi connectivity index (χ3n) is 2.81. The summed E-state index contributed by atoms with van der Waals surface area (Å²) >= 11 is 0. The predicted octanol–water partition coefficient (Wildman–Crippen LogP) is 1.27. The van der Waals surface area contributed by atoms with E-state index in [9.17, 15) is 4.79 Å². The second-order valence-electron chi connectivity index (χ2n) is 4.03. The van der Waals surface area contributed by atoms with Crippen LogP contribution in [0.4, 0.5) is 5.69 Å². The quantitative estimate of drug-likeness (QED) is 0.616. The van der Waals surface area contributed by atoms with Crippen molar-refractivity contribution in [3.63, 3.8) is 0 Å². The van der Waals surface area contributed by atoms with E-state index in [4.69, 9.17) is 10.5 Å². The summed E-state index contributed by atoms with van der Waals surface area (Å²) in [7, 11) is 0. The van der Waals surface area contributed by atoms with Crippen LogP contribution in [0.25, 0.3) is 0 Å². The second-order valence-corrected chi connectivity index (χ2v) is 4.03. The molecule has 0 aliphatic carbocycles. The lowest BCUT2D eigenvalue weighted by molar-refractivity contribution is -0.119. The molecule has 1 aliphatic rings. The number of anilines is 1. The first-order valence-corrected chi connectivity index (χ1v) is 5.49. The SMILES string of the molecule is Nc1ccc(OC2CCN(C=O)CC2)cc1. The Balaban J connectivity index is 1.86. The molecule has 0 saturated carbocycles. The van der Waals surface area contributed by atoms with Crippen molar-refractivity contribution in [2.75, 3.05) is 18.8 Å². The van der Waals surface area contributed by atoms with Gasteiger partial charge < -0.3 is 15.4 Å². The van der Waals surface area contributed by atoms with Crippen molar-refractivity contribution in [1.82, 2.24) is 4.90 Å². The summed E-state index contributed by atoms with van der Waals surface area (Å²) in [4.78, 5) is 12.3. The lowest BCUT2D eigenvalue weighted by Crippen LogP contribution is -2.37. The third-order valence-corrected chi connectivity index (χ3v) is 2.81. The van der Waals surface area contributed by atoms with Crippen LogP contribution in [-0.2, 0) is 4.79 Å². The lowest BCUT2D eigenvalue weighted by atomic mass is 10.1. The Labute approximate surface area is 95.0 Å². The predicted molar refractivity (Wildman–Crippen MR) is 62.1 cm³/mol. The maximum atomic E-state index is 10.5. The second kappa shape index (κ2) is 4.88. The first-order chi connectivity index (χ1) is 7.78. The highest BCUT2D eigenvalue weighted by Crippen LogP contribution is 2.19. The van der Waals surface area contributed by atoms with Crippen LogP contribution in [-0.4, -0.2) is 30.5 Å². The number of ether oxygens (including phenoxy) is 1. The molecule has 1 fully saturated rings. The van der Waals surface area contributed by atoms with Crippen molar-refractivity contribution in [2.45, 2.75) is 18.9 Å². The molecule has 0 bridgehead atoms. The zero-order valence-electron chi connectivity index (χ0n) is 9.13. The topological polar surface area (TPSA) is 55.6 Å². The van der Waals surface area contributed by atoms with Crippen molar-refractivity contribution < 1.29 is 9.53 Å². The Bertz CT molecular complexity index is 343. The average Bonchev–Trinajstić information content (AvgIpc) is 2.33. The van der Waals surface area contributed by atoms with Crippen LogP contribution >= 0.6 is 0 Å².